The molecule has 0 aliphatic carbocycles. The first kappa shape index (κ1) is 19.6. The molecule has 1 amide bonds. The lowest BCUT2D eigenvalue weighted by Gasteiger charge is -2.08. The SMILES string of the molecule is CC(=O)Nc1ccc(-c2cnc3ccc(-c4cccc(NS(C)(=O)=O)c4)nn23)cc1. The summed E-state index contributed by atoms with van der Waals surface area (Å²) in [5.74, 6) is -0.128. The summed E-state index contributed by atoms with van der Waals surface area (Å²) in [6.45, 7) is 1.46. The first-order chi connectivity index (χ1) is 14.3. The van der Waals surface area contributed by atoms with Crippen molar-refractivity contribution in [1.82, 2.24) is 14.6 Å². The van der Waals surface area contributed by atoms with Gasteiger partial charge in [0.25, 0.3) is 0 Å². The van der Waals surface area contributed by atoms with E-state index < -0.39 is 10.0 Å². The summed E-state index contributed by atoms with van der Waals surface area (Å²) in [6.07, 6.45) is 2.85. The molecule has 0 saturated carbocycles. The second-order valence-corrected chi connectivity index (χ2v) is 8.59. The van der Waals surface area contributed by atoms with Crippen molar-refractivity contribution in [1.29, 1.82) is 0 Å². The van der Waals surface area contributed by atoms with Gasteiger partial charge in [-0.3, -0.25) is 9.52 Å². The van der Waals surface area contributed by atoms with Crippen molar-refractivity contribution in [3.05, 3.63) is 66.9 Å². The molecule has 0 saturated heterocycles. The molecule has 8 nitrogen and oxygen atoms in total. The summed E-state index contributed by atoms with van der Waals surface area (Å²) in [5.41, 5.74) is 5.01. The molecule has 4 rings (SSSR count). The van der Waals surface area contributed by atoms with Crippen LogP contribution in [0.4, 0.5) is 11.4 Å². The molecule has 9 heteroatoms. The number of sulfonamides is 1. The molecule has 0 radical (unpaired) electrons. The number of fused-ring (bicyclic) bond motifs is 1. The first-order valence-corrected chi connectivity index (χ1v) is 11.0. The van der Waals surface area contributed by atoms with E-state index >= 15 is 0 Å². The smallest absolute Gasteiger partial charge is 0.229 e. The maximum Gasteiger partial charge on any atom is 0.229 e. The van der Waals surface area contributed by atoms with Crippen LogP contribution in [0.15, 0.2) is 66.9 Å². The van der Waals surface area contributed by atoms with Crippen LogP contribution >= 0.6 is 0 Å². The zero-order chi connectivity index (χ0) is 21.3. The molecular formula is C21H19N5O3S. The Morgan fingerprint density at radius 1 is 0.967 bits per heavy atom. The van der Waals surface area contributed by atoms with E-state index in [1.54, 1.807) is 28.9 Å². The van der Waals surface area contributed by atoms with Gasteiger partial charge >= 0.3 is 0 Å². The third kappa shape index (κ3) is 4.31. The molecule has 0 aliphatic heterocycles. The second kappa shape index (κ2) is 7.60. The lowest BCUT2D eigenvalue weighted by Crippen LogP contribution is -2.09. The second-order valence-electron chi connectivity index (χ2n) is 6.85. The highest BCUT2D eigenvalue weighted by atomic mass is 32.2. The van der Waals surface area contributed by atoms with Gasteiger partial charge in [0, 0.05) is 29.4 Å². The predicted octanol–water partition coefficient (Wildman–Crippen LogP) is 3.39. The predicted molar refractivity (Wildman–Crippen MR) is 117 cm³/mol. The molecule has 0 unspecified atom stereocenters. The Morgan fingerprint density at radius 3 is 2.43 bits per heavy atom. The zero-order valence-electron chi connectivity index (χ0n) is 16.3. The first-order valence-electron chi connectivity index (χ1n) is 9.09. The zero-order valence-corrected chi connectivity index (χ0v) is 17.1. The van der Waals surface area contributed by atoms with Gasteiger partial charge in [-0.25, -0.2) is 17.9 Å². The van der Waals surface area contributed by atoms with Crippen LogP contribution in [0.25, 0.3) is 28.2 Å². The Hall–Kier alpha value is -3.72. The quantitative estimate of drug-likeness (QED) is 0.514. The summed E-state index contributed by atoms with van der Waals surface area (Å²) in [5, 5.41) is 7.44. The van der Waals surface area contributed by atoms with Gasteiger partial charge in [0.05, 0.1) is 23.8 Å². The minimum atomic E-state index is -3.37. The number of aromatic nitrogens is 3. The van der Waals surface area contributed by atoms with Gasteiger partial charge in [-0.05, 0) is 36.4 Å². The van der Waals surface area contributed by atoms with E-state index in [0.717, 1.165) is 23.1 Å². The summed E-state index contributed by atoms with van der Waals surface area (Å²) in [7, 11) is -3.37. The highest BCUT2D eigenvalue weighted by Crippen LogP contribution is 2.25. The van der Waals surface area contributed by atoms with Gasteiger partial charge in [-0.1, -0.05) is 24.3 Å². The van der Waals surface area contributed by atoms with Crippen LogP contribution in [-0.2, 0) is 14.8 Å². The highest BCUT2D eigenvalue weighted by Gasteiger charge is 2.10. The van der Waals surface area contributed by atoms with Gasteiger partial charge in [0.1, 0.15) is 0 Å². The lowest BCUT2D eigenvalue weighted by molar-refractivity contribution is -0.114. The Labute approximate surface area is 173 Å². The van der Waals surface area contributed by atoms with Crippen LogP contribution in [-0.4, -0.2) is 35.2 Å². The lowest BCUT2D eigenvalue weighted by atomic mass is 10.1. The molecule has 2 aromatic heterocycles. The number of imidazole rings is 1. The van der Waals surface area contributed by atoms with Crippen LogP contribution in [0.1, 0.15) is 6.92 Å². The molecule has 0 fully saturated rings. The van der Waals surface area contributed by atoms with Crippen molar-refractivity contribution >= 4 is 33.0 Å². The van der Waals surface area contributed by atoms with Gasteiger partial charge in [-0.2, -0.15) is 5.10 Å². The van der Waals surface area contributed by atoms with Crippen LogP contribution in [0, 0.1) is 0 Å². The number of hydrogen-bond donors (Lipinski definition) is 2. The maximum absolute atomic E-state index is 11.5. The van der Waals surface area contributed by atoms with E-state index in [2.05, 4.69) is 15.0 Å². The summed E-state index contributed by atoms with van der Waals surface area (Å²) < 4.78 is 27.2. The minimum Gasteiger partial charge on any atom is -0.326 e. The van der Waals surface area contributed by atoms with Gasteiger partial charge in [0.15, 0.2) is 5.65 Å². The van der Waals surface area contributed by atoms with E-state index in [9.17, 15) is 13.2 Å². The largest absolute Gasteiger partial charge is 0.326 e. The summed E-state index contributed by atoms with van der Waals surface area (Å²) in [4.78, 5) is 15.6. The fraction of sp³-hybridized carbons (Fsp3) is 0.0952. The van der Waals surface area contributed by atoms with Crippen molar-refractivity contribution in [2.24, 2.45) is 0 Å². The van der Waals surface area contributed by atoms with E-state index in [-0.39, 0.29) is 5.91 Å². The molecule has 2 N–H and O–H groups in total. The Balaban J connectivity index is 1.72. The number of carbonyl (C=O) groups excluding carboxylic acids is 1. The number of hydrogen-bond acceptors (Lipinski definition) is 5. The number of rotatable bonds is 5. The maximum atomic E-state index is 11.5. The van der Waals surface area contributed by atoms with Crippen molar-refractivity contribution in [2.45, 2.75) is 6.92 Å². The molecule has 2 heterocycles. The number of nitrogens with one attached hydrogen (secondary N) is 2. The molecule has 4 aromatic rings. The molecule has 0 aliphatic rings. The molecule has 0 spiro atoms. The number of carbonyl (C=O) groups is 1. The molecule has 152 valence electrons. The average molecular weight is 421 g/mol. The number of anilines is 2. The van der Waals surface area contributed by atoms with Crippen LogP contribution in [0.3, 0.4) is 0 Å². The molecule has 30 heavy (non-hydrogen) atoms. The van der Waals surface area contributed by atoms with Gasteiger partial charge in [0.2, 0.25) is 15.9 Å². The monoisotopic (exact) mass is 421 g/mol. The minimum absolute atomic E-state index is 0.128. The van der Waals surface area contributed by atoms with Gasteiger partial charge < -0.3 is 5.32 Å². The van der Waals surface area contributed by atoms with Gasteiger partial charge in [-0.15, -0.1) is 0 Å². The van der Waals surface area contributed by atoms with Crippen molar-refractivity contribution in [2.75, 3.05) is 16.3 Å². The molecule has 0 bridgehead atoms. The van der Waals surface area contributed by atoms with Crippen molar-refractivity contribution in [3.63, 3.8) is 0 Å². The molecule has 0 atom stereocenters. The fourth-order valence-corrected chi connectivity index (χ4v) is 3.66. The topological polar surface area (TPSA) is 105 Å². The van der Waals surface area contributed by atoms with E-state index in [0.29, 0.717) is 22.7 Å². The fourth-order valence-electron chi connectivity index (χ4n) is 3.11. The Kier molecular flexibility index (Phi) is 4.96. The molecular weight excluding hydrogens is 402 g/mol. The molecule has 2 aromatic carbocycles. The normalized spacial score (nSPS) is 11.4. The van der Waals surface area contributed by atoms with Crippen LogP contribution < -0.4 is 10.0 Å². The van der Waals surface area contributed by atoms with Crippen LogP contribution in [0.5, 0.6) is 0 Å². The average Bonchev–Trinajstić information content (AvgIpc) is 3.10. The highest BCUT2D eigenvalue weighted by molar-refractivity contribution is 7.92. The van der Waals surface area contributed by atoms with Crippen LogP contribution in [0.2, 0.25) is 0 Å². The van der Waals surface area contributed by atoms with E-state index in [4.69, 9.17) is 5.10 Å². The van der Waals surface area contributed by atoms with E-state index in [1.165, 1.54) is 6.92 Å². The number of nitrogens with zero attached hydrogens (tertiary/aromatic N) is 3. The van der Waals surface area contributed by atoms with E-state index in [1.807, 2.05) is 42.5 Å². The third-order valence-corrected chi connectivity index (χ3v) is 4.93. The number of amides is 1. The Bertz CT molecular complexity index is 1340. The number of benzene rings is 2. The van der Waals surface area contributed by atoms with Crippen molar-refractivity contribution in [3.8, 4) is 22.5 Å². The summed E-state index contributed by atoms with van der Waals surface area (Å²) >= 11 is 0. The third-order valence-electron chi connectivity index (χ3n) is 4.32. The van der Waals surface area contributed by atoms with Crippen molar-refractivity contribution < 1.29 is 13.2 Å². The Morgan fingerprint density at radius 2 is 1.73 bits per heavy atom. The summed E-state index contributed by atoms with van der Waals surface area (Å²) in [6, 6.07) is 18.2. The standard InChI is InChI=1S/C21H19N5O3S/c1-14(27)23-17-8-6-15(7-9-17)20-13-22-21-11-10-19(24-26(20)21)16-4-3-5-18(12-16)25-30(2,28)29/h3-13,25H,1-2H3,(H,23,27).